The Morgan fingerprint density at radius 1 is 0.820 bits per heavy atom. The average molecular weight is 676 g/mol. The highest BCUT2D eigenvalue weighted by Gasteiger charge is 2.76. The third kappa shape index (κ3) is 5.26. The predicted molar refractivity (Wildman–Crippen MR) is 192 cm³/mol. The summed E-state index contributed by atoms with van der Waals surface area (Å²) >= 11 is 0. The van der Waals surface area contributed by atoms with Crippen molar-refractivity contribution in [1.29, 1.82) is 0 Å². The molecule has 3 aromatic carbocycles. The third-order valence-corrected chi connectivity index (χ3v) is 11.0. The Kier molecular flexibility index (Phi) is 8.90. The summed E-state index contributed by atoms with van der Waals surface area (Å²) in [6.45, 7) is 8.57. The van der Waals surface area contributed by atoms with Crippen molar-refractivity contribution < 1.29 is 29.0 Å². The lowest BCUT2D eigenvalue weighted by Gasteiger charge is -2.41. The fourth-order valence-electron chi connectivity index (χ4n) is 8.78. The summed E-state index contributed by atoms with van der Waals surface area (Å²) in [5.41, 5.74) is 1.68. The fraction of sp³-hybridized carbons (Fsp3) is 0.390. The van der Waals surface area contributed by atoms with Crippen molar-refractivity contribution in [3.05, 3.63) is 114 Å². The van der Waals surface area contributed by atoms with Crippen LogP contribution >= 0.6 is 0 Å². The second kappa shape index (κ2) is 13.2. The molecule has 1 unspecified atom stereocenters. The highest BCUT2D eigenvalue weighted by molar-refractivity contribution is 6.08. The molecule has 0 aliphatic carbocycles. The minimum atomic E-state index is -1.45. The molecule has 9 nitrogen and oxygen atoms in total. The number of carbonyl (C=O) groups is 3. The van der Waals surface area contributed by atoms with Gasteiger partial charge in [0.25, 0.3) is 5.91 Å². The van der Waals surface area contributed by atoms with Gasteiger partial charge in [0.2, 0.25) is 11.8 Å². The lowest BCUT2D eigenvalue weighted by atomic mass is 9.73. The van der Waals surface area contributed by atoms with Crippen molar-refractivity contribution in [3.63, 3.8) is 0 Å². The van der Waals surface area contributed by atoms with E-state index in [1.807, 2.05) is 125 Å². The summed E-state index contributed by atoms with van der Waals surface area (Å²) in [6, 6.07) is 21.1. The Morgan fingerprint density at radius 2 is 1.50 bits per heavy atom. The summed E-state index contributed by atoms with van der Waals surface area (Å²) in [4.78, 5) is 50.4. The number of anilines is 2. The SMILES string of the molecule is CCOc1ccc(N2CC=C[C@]3(CC)O[C@]45C=CCN(c6c(C)cccc6C)C(=O)C4N([C@@H](CO)Cc4ccccc4)C(=O)[C@@H]5[C@@H]3C2=O)cc1. The summed E-state index contributed by atoms with van der Waals surface area (Å²) in [6.07, 6.45) is 8.41. The van der Waals surface area contributed by atoms with Crippen LogP contribution in [0.2, 0.25) is 0 Å². The fourth-order valence-corrected chi connectivity index (χ4v) is 8.78. The number of benzene rings is 3. The highest BCUT2D eigenvalue weighted by Crippen LogP contribution is 2.59. The van der Waals surface area contributed by atoms with Gasteiger partial charge in [-0.25, -0.2) is 0 Å². The van der Waals surface area contributed by atoms with Crippen LogP contribution < -0.4 is 14.5 Å². The van der Waals surface area contributed by atoms with Gasteiger partial charge in [0.1, 0.15) is 17.4 Å². The van der Waals surface area contributed by atoms with Crippen LogP contribution in [0.5, 0.6) is 5.75 Å². The number of nitrogens with zero attached hydrogens (tertiary/aromatic N) is 3. The van der Waals surface area contributed by atoms with Crippen LogP contribution in [0.25, 0.3) is 0 Å². The zero-order valence-corrected chi connectivity index (χ0v) is 29.1. The van der Waals surface area contributed by atoms with E-state index in [0.717, 1.165) is 22.4 Å². The summed E-state index contributed by atoms with van der Waals surface area (Å²) < 4.78 is 12.9. The molecule has 1 N–H and O–H groups in total. The molecule has 4 aliphatic heterocycles. The van der Waals surface area contributed by atoms with Crippen LogP contribution in [0.3, 0.4) is 0 Å². The van der Waals surface area contributed by atoms with Crippen molar-refractivity contribution in [2.24, 2.45) is 11.8 Å². The number of hydrogen-bond acceptors (Lipinski definition) is 6. The first kappa shape index (κ1) is 33.8. The van der Waals surface area contributed by atoms with Gasteiger partial charge in [-0.1, -0.05) is 79.8 Å². The molecular formula is C41H45N3O6. The Bertz CT molecular complexity index is 1820. The normalized spacial score (nSPS) is 27.9. The molecule has 2 saturated heterocycles. The van der Waals surface area contributed by atoms with E-state index < -0.39 is 35.1 Å². The number of para-hydroxylation sites is 1. The Hall–Kier alpha value is -4.73. The van der Waals surface area contributed by atoms with Gasteiger partial charge in [0.15, 0.2) is 0 Å². The predicted octanol–water partition coefficient (Wildman–Crippen LogP) is 5.17. The molecule has 0 aromatic heterocycles. The van der Waals surface area contributed by atoms with Crippen LogP contribution in [0.1, 0.15) is 37.0 Å². The van der Waals surface area contributed by atoms with E-state index in [2.05, 4.69) is 0 Å². The molecule has 50 heavy (non-hydrogen) atoms. The van der Waals surface area contributed by atoms with E-state index in [9.17, 15) is 9.90 Å². The van der Waals surface area contributed by atoms with Gasteiger partial charge in [0.05, 0.1) is 36.7 Å². The zero-order valence-electron chi connectivity index (χ0n) is 29.1. The van der Waals surface area contributed by atoms with Gasteiger partial charge in [-0.3, -0.25) is 14.4 Å². The molecule has 7 rings (SSSR count). The van der Waals surface area contributed by atoms with E-state index >= 15 is 9.59 Å². The topological polar surface area (TPSA) is 99.6 Å². The maximum Gasteiger partial charge on any atom is 0.253 e. The number of fused-ring (bicyclic) bond motifs is 2. The first-order chi connectivity index (χ1) is 24.2. The van der Waals surface area contributed by atoms with Crippen molar-refractivity contribution in [3.8, 4) is 5.75 Å². The van der Waals surface area contributed by atoms with Crippen LogP contribution in [0, 0.1) is 25.7 Å². The number of hydrogen-bond donors (Lipinski definition) is 1. The van der Waals surface area contributed by atoms with E-state index in [4.69, 9.17) is 9.47 Å². The number of aryl methyl sites for hydroxylation is 2. The zero-order chi connectivity index (χ0) is 35.2. The largest absolute Gasteiger partial charge is 0.494 e. The van der Waals surface area contributed by atoms with Gasteiger partial charge in [-0.05, 0) is 74.6 Å². The van der Waals surface area contributed by atoms with E-state index in [1.54, 1.807) is 14.7 Å². The van der Waals surface area contributed by atoms with Crippen molar-refractivity contribution in [2.45, 2.75) is 63.8 Å². The van der Waals surface area contributed by atoms with Crippen LogP contribution in [0.15, 0.2) is 97.1 Å². The minimum Gasteiger partial charge on any atom is -0.494 e. The minimum absolute atomic E-state index is 0.239. The molecule has 1 spiro atoms. The maximum atomic E-state index is 15.2. The number of carbonyl (C=O) groups excluding carboxylic acids is 3. The van der Waals surface area contributed by atoms with Crippen LogP contribution in [0.4, 0.5) is 11.4 Å². The molecule has 0 bridgehead atoms. The van der Waals surface area contributed by atoms with Crippen molar-refractivity contribution in [1.82, 2.24) is 4.90 Å². The number of amides is 3. The maximum absolute atomic E-state index is 15.2. The molecule has 2 fully saturated rings. The van der Waals surface area contributed by atoms with Crippen molar-refractivity contribution >= 4 is 29.1 Å². The molecule has 260 valence electrons. The molecule has 4 heterocycles. The first-order valence-electron chi connectivity index (χ1n) is 17.6. The van der Waals surface area contributed by atoms with Gasteiger partial charge in [-0.15, -0.1) is 0 Å². The number of aliphatic hydroxyl groups is 1. The summed E-state index contributed by atoms with van der Waals surface area (Å²) in [7, 11) is 0. The Labute approximate surface area is 293 Å². The molecule has 0 saturated carbocycles. The van der Waals surface area contributed by atoms with Gasteiger partial charge in [-0.2, -0.15) is 0 Å². The Morgan fingerprint density at radius 3 is 2.16 bits per heavy atom. The lowest BCUT2D eigenvalue weighted by molar-refractivity contribution is -0.149. The molecule has 3 aromatic rings. The monoisotopic (exact) mass is 675 g/mol. The summed E-state index contributed by atoms with van der Waals surface area (Å²) in [5, 5.41) is 10.9. The first-order valence-corrected chi connectivity index (χ1v) is 17.6. The smallest absolute Gasteiger partial charge is 0.253 e. The highest BCUT2D eigenvalue weighted by atomic mass is 16.5. The van der Waals surface area contributed by atoms with Gasteiger partial charge < -0.3 is 29.3 Å². The standard InChI is InChI=1S/C41H45N3O6/c1-5-40-21-11-23-42(30-17-19-32(20-18-30)49-6-2)37(46)33(40)34-38(47)44(31(26-45)25-29-15-8-7-9-16-29)36-39(48)43(24-12-22-41(34,36)50-40)35-27(3)13-10-14-28(35)4/h7-22,31,33-34,36,45H,5-6,23-26H2,1-4H3/t31-,33-,34+,36?,40+,41+/m1/s1. The van der Waals surface area contributed by atoms with Gasteiger partial charge >= 0.3 is 0 Å². The number of aliphatic hydroxyl groups excluding tert-OH is 1. The second-order valence-corrected chi connectivity index (χ2v) is 13.8. The van der Waals surface area contributed by atoms with E-state index in [-0.39, 0.29) is 30.9 Å². The molecule has 4 aliphatic rings. The number of ether oxygens (including phenoxy) is 2. The molecular weight excluding hydrogens is 630 g/mol. The van der Waals surface area contributed by atoms with Crippen LogP contribution in [-0.4, -0.2) is 77.3 Å². The number of likely N-dealkylation sites (tertiary alicyclic amines) is 1. The second-order valence-electron chi connectivity index (χ2n) is 13.8. The Balaban J connectivity index is 1.37. The quantitative estimate of drug-likeness (QED) is 0.315. The molecule has 0 radical (unpaired) electrons. The third-order valence-electron chi connectivity index (χ3n) is 11.0. The lowest BCUT2D eigenvalue weighted by Crippen LogP contribution is -2.59. The van der Waals surface area contributed by atoms with Gasteiger partial charge in [0, 0.05) is 24.5 Å². The van der Waals surface area contributed by atoms with Crippen LogP contribution in [-0.2, 0) is 25.5 Å². The van der Waals surface area contributed by atoms with Crippen molar-refractivity contribution in [2.75, 3.05) is 36.1 Å². The molecule has 3 amide bonds. The van der Waals surface area contributed by atoms with E-state index in [0.29, 0.717) is 37.4 Å². The van der Waals surface area contributed by atoms with E-state index in [1.165, 1.54) is 0 Å². The summed E-state index contributed by atoms with van der Waals surface area (Å²) in [5.74, 6) is -2.11. The molecule has 6 atom stereocenters. The number of rotatable bonds is 9. The molecule has 9 heteroatoms. The average Bonchev–Trinajstić information content (AvgIpc) is 3.42.